The van der Waals surface area contributed by atoms with Crippen LogP contribution in [-0.2, 0) is 4.79 Å². The molecular weight excluding hydrogens is 257 g/mol. The standard InChI is InChI=1S/C15H16FN3O/c1-8-14(9(2)19-18-8)17-15(20)13-7-12(13)10-3-5-11(16)6-4-10/h3-6,12-13H,7H2,1-2H3,(H,17,20)(H,18,19). The van der Waals surface area contributed by atoms with Crippen LogP contribution >= 0.6 is 0 Å². The van der Waals surface area contributed by atoms with Crippen molar-refractivity contribution in [3.8, 4) is 0 Å². The molecule has 1 aromatic carbocycles. The predicted molar refractivity (Wildman–Crippen MR) is 73.9 cm³/mol. The van der Waals surface area contributed by atoms with E-state index < -0.39 is 0 Å². The van der Waals surface area contributed by atoms with E-state index in [1.54, 1.807) is 12.1 Å². The van der Waals surface area contributed by atoms with Crippen molar-refractivity contribution in [3.63, 3.8) is 0 Å². The van der Waals surface area contributed by atoms with E-state index in [1.807, 2.05) is 13.8 Å². The van der Waals surface area contributed by atoms with Crippen LogP contribution in [0.5, 0.6) is 0 Å². The van der Waals surface area contributed by atoms with Gasteiger partial charge in [-0.15, -0.1) is 0 Å². The zero-order valence-electron chi connectivity index (χ0n) is 11.4. The van der Waals surface area contributed by atoms with Crippen molar-refractivity contribution in [1.29, 1.82) is 0 Å². The number of carbonyl (C=O) groups is 1. The number of aromatic nitrogens is 2. The Labute approximate surface area is 116 Å². The van der Waals surface area contributed by atoms with Gasteiger partial charge >= 0.3 is 0 Å². The average molecular weight is 273 g/mol. The number of aryl methyl sites for hydroxylation is 2. The fourth-order valence-corrected chi connectivity index (χ4v) is 2.51. The maximum Gasteiger partial charge on any atom is 0.228 e. The van der Waals surface area contributed by atoms with E-state index >= 15 is 0 Å². The molecule has 1 aliphatic carbocycles. The second kappa shape index (κ2) is 4.74. The van der Waals surface area contributed by atoms with Gasteiger partial charge in [0.05, 0.1) is 17.1 Å². The Hall–Kier alpha value is -2.17. The molecule has 0 bridgehead atoms. The van der Waals surface area contributed by atoms with Crippen molar-refractivity contribution < 1.29 is 9.18 Å². The Balaban J connectivity index is 1.67. The summed E-state index contributed by atoms with van der Waals surface area (Å²) in [5.41, 5.74) is 3.43. The lowest BCUT2D eigenvalue weighted by Gasteiger charge is -2.05. The molecule has 0 spiro atoms. The number of amides is 1. The molecule has 4 nitrogen and oxygen atoms in total. The molecule has 0 radical (unpaired) electrons. The van der Waals surface area contributed by atoms with E-state index in [0.29, 0.717) is 0 Å². The van der Waals surface area contributed by atoms with Gasteiger partial charge in [-0.2, -0.15) is 5.10 Å². The molecule has 0 saturated heterocycles. The van der Waals surface area contributed by atoms with Gasteiger partial charge in [0.25, 0.3) is 0 Å². The summed E-state index contributed by atoms with van der Waals surface area (Å²) >= 11 is 0. The van der Waals surface area contributed by atoms with Gasteiger partial charge in [0.2, 0.25) is 5.91 Å². The molecule has 5 heteroatoms. The van der Waals surface area contributed by atoms with Crippen LogP contribution in [0.15, 0.2) is 24.3 Å². The molecule has 2 unspecified atom stereocenters. The molecular formula is C15H16FN3O. The molecule has 1 amide bonds. The number of anilines is 1. The number of rotatable bonds is 3. The summed E-state index contributed by atoms with van der Waals surface area (Å²) < 4.78 is 12.9. The highest BCUT2D eigenvalue weighted by Gasteiger charge is 2.44. The molecule has 0 aliphatic heterocycles. The summed E-state index contributed by atoms with van der Waals surface area (Å²) in [5, 5.41) is 9.82. The monoisotopic (exact) mass is 273 g/mol. The lowest BCUT2D eigenvalue weighted by atomic mass is 10.1. The number of nitrogens with one attached hydrogen (secondary N) is 2. The third-order valence-electron chi connectivity index (χ3n) is 3.80. The lowest BCUT2D eigenvalue weighted by molar-refractivity contribution is -0.117. The highest BCUT2D eigenvalue weighted by Crippen LogP contribution is 2.48. The van der Waals surface area contributed by atoms with Gasteiger partial charge in [-0.25, -0.2) is 4.39 Å². The number of carbonyl (C=O) groups excluding carboxylic acids is 1. The maximum atomic E-state index is 12.9. The second-order valence-corrected chi connectivity index (χ2v) is 5.30. The number of halogens is 1. The number of hydrogen-bond donors (Lipinski definition) is 2. The van der Waals surface area contributed by atoms with Gasteiger partial charge < -0.3 is 5.32 Å². The van der Waals surface area contributed by atoms with E-state index in [9.17, 15) is 9.18 Å². The lowest BCUT2D eigenvalue weighted by Crippen LogP contribution is -2.15. The van der Waals surface area contributed by atoms with Crippen LogP contribution in [0.25, 0.3) is 0 Å². The molecule has 3 rings (SSSR count). The number of H-pyrrole nitrogens is 1. The van der Waals surface area contributed by atoms with Crippen molar-refractivity contribution >= 4 is 11.6 Å². The van der Waals surface area contributed by atoms with Crippen LogP contribution in [0, 0.1) is 25.6 Å². The number of aromatic amines is 1. The molecule has 1 heterocycles. The molecule has 1 aromatic heterocycles. The number of hydrogen-bond acceptors (Lipinski definition) is 2. The summed E-state index contributed by atoms with van der Waals surface area (Å²) in [6.07, 6.45) is 0.813. The summed E-state index contributed by atoms with van der Waals surface area (Å²) in [4.78, 5) is 12.2. The van der Waals surface area contributed by atoms with E-state index in [2.05, 4.69) is 15.5 Å². The van der Waals surface area contributed by atoms with Crippen LogP contribution < -0.4 is 5.32 Å². The summed E-state index contributed by atoms with van der Waals surface area (Å²) in [6, 6.07) is 6.38. The minimum atomic E-state index is -0.250. The Morgan fingerprint density at radius 3 is 2.65 bits per heavy atom. The molecule has 2 N–H and O–H groups in total. The predicted octanol–water partition coefficient (Wildman–Crippen LogP) is 2.91. The van der Waals surface area contributed by atoms with Crippen LogP contribution in [0.2, 0.25) is 0 Å². The van der Waals surface area contributed by atoms with Crippen LogP contribution in [0.4, 0.5) is 10.1 Å². The Morgan fingerprint density at radius 2 is 2.05 bits per heavy atom. The van der Waals surface area contributed by atoms with Gasteiger partial charge in [-0.05, 0) is 43.9 Å². The first-order valence-electron chi connectivity index (χ1n) is 6.64. The van der Waals surface area contributed by atoms with Crippen molar-refractivity contribution in [3.05, 3.63) is 47.0 Å². The fourth-order valence-electron chi connectivity index (χ4n) is 2.51. The van der Waals surface area contributed by atoms with Crippen molar-refractivity contribution in [2.75, 3.05) is 5.32 Å². The van der Waals surface area contributed by atoms with E-state index in [-0.39, 0.29) is 23.6 Å². The summed E-state index contributed by atoms with van der Waals surface area (Å²) in [5.74, 6) is -0.0794. The topological polar surface area (TPSA) is 57.8 Å². The maximum absolute atomic E-state index is 12.9. The van der Waals surface area contributed by atoms with Gasteiger partial charge in [0.15, 0.2) is 0 Å². The van der Waals surface area contributed by atoms with Crippen LogP contribution in [-0.4, -0.2) is 16.1 Å². The highest BCUT2D eigenvalue weighted by atomic mass is 19.1. The second-order valence-electron chi connectivity index (χ2n) is 5.30. The summed E-state index contributed by atoms with van der Waals surface area (Å²) in [6.45, 7) is 3.73. The van der Waals surface area contributed by atoms with Gasteiger partial charge in [0.1, 0.15) is 5.82 Å². The minimum Gasteiger partial charge on any atom is -0.323 e. The molecule has 2 atom stereocenters. The zero-order chi connectivity index (χ0) is 14.3. The Bertz CT molecular complexity index is 628. The smallest absolute Gasteiger partial charge is 0.228 e. The van der Waals surface area contributed by atoms with Crippen LogP contribution in [0.1, 0.15) is 29.3 Å². The van der Waals surface area contributed by atoms with Crippen LogP contribution in [0.3, 0.4) is 0 Å². The molecule has 104 valence electrons. The van der Waals surface area contributed by atoms with E-state index in [1.165, 1.54) is 12.1 Å². The van der Waals surface area contributed by atoms with Crippen molar-refractivity contribution in [2.45, 2.75) is 26.2 Å². The zero-order valence-corrected chi connectivity index (χ0v) is 11.4. The molecule has 1 aliphatic rings. The first-order chi connectivity index (χ1) is 9.56. The van der Waals surface area contributed by atoms with E-state index in [4.69, 9.17) is 0 Å². The Morgan fingerprint density at radius 1 is 1.35 bits per heavy atom. The average Bonchev–Trinajstić information content (AvgIpc) is 3.17. The minimum absolute atomic E-state index is 0.00641. The highest BCUT2D eigenvalue weighted by molar-refractivity contribution is 5.96. The van der Waals surface area contributed by atoms with Crippen molar-refractivity contribution in [2.24, 2.45) is 5.92 Å². The van der Waals surface area contributed by atoms with Gasteiger partial charge in [-0.1, -0.05) is 12.1 Å². The first kappa shape index (κ1) is 12.8. The van der Waals surface area contributed by atoms with Gasteiger partial charge in [0, 0.05) is 5.92 Å². The summed E-state index contributed by atoms with van der Waals surface area (Å²) in [7, 11) is 0. The quantitative estimate of drug-likeness (QED) is 0.903. The normalized spacial score (nSPS) is 20.8. The SMILES string of the molecule is Cc1n[nH]c(C)c1NC(=O)C1CC1c1ccc(F)cc1. The van der Waals surface area contributed by atoms with Gasteiger partial charge in [-0.3, -0.25) is 9.89 Å². The van der Waals surface area contributed by atoms with E-state index in [0.717, 1.165) is 29.1 Å². The first-order valence-corrected chi connectivity index (χ1v) is 6.64. The molecule has 20 heavy (non-hydrogen) atoms. The molecule has 2 aromatic rings. The number of benzene rings is 1. The van der Waals surface area contributed by atoms with Crippen molar-refractivity contribution in [1.82, 2.24) is 10.2 Å². The third-order valence-corrected chi connectivity index (χ3v) is 3.80. The largest absolute Gasteiger partial charge is 0.323 e. The fraction of sp³-hybridized carbons (Fsp3) is 0.333. The Kier molecular flexibility index (Phi) is 3.04. The molecule has 1 fully saturated rings. The molecule has 1 saturated carbocycles. The number of nitrogens with zero attached hydrogens (tertiary/aromatic N) is 1. The third kappa shape index (κ3) is 2.31.